The van der Waals surface area contributed by atoms with Crippen molar-refractivity contribution in [1.82, 2.24) is 10.6 Å². The summed E-state index contributed by atoms with van der Waals surface area (Å²) in [5, 5.41) is 4.91. The average Bonchev–Trinajstić information content (AvgIpc) is 2.57. The van der Waals surface area contributed by atoms with Gasteiger partial charge in [0.1, 0.15) is 5.82 Å². The Kier molecular flexibility index (Phi) is 6.50. The van der Waals surface area contributed by atoms with Crippen molar-refractivity contribution in [3.05, 3.63) is 35.1 Å². The fourth-order valence-electron chi connectivity index (χ4n) is 2.83. The smallest absolute Gasteiger partial charge is 0.338 e. The van der Waals surface area contributed by atoms with Gasteiger partial charge in [-0.2, -0.15) is 0 Å². The van der Waals surface area contributed by atoms with Crippen LogP contribution in [0.1, 0.15) is 48.5 Å². The molecule has 1 fully saturated rings. The number of imide groups is 1. The van der Waals surface area contributed by atoms with Crippen molar-refractivity contribution in [2.24, 2.45) is 5.92 Å². The molecule has 0 saturated heterocycles. The minimum Gasteiger partial charge on any atom is -0.452 e. The summed E-state index contributed by atoms with van der Waals surface area (Å²) in [5.41, 5.74) is 0.416. The van der Waals surface area contributed by atoms with Crippen LogP contribution in [0.5, 0.6) is 0 Å². The molecule has 0 spiro atoms. The molecule has 2 atom stereocenters. The van der Waals surface area contributed by atoms with Crippen LogP contribution >= 0.6 is 0 Å². The predicted molar refractivity (Wildman–Crippen MR) is 89.5 cm³/mol. The van der Waals surface area contributed by atoms with E-state index >= 15 is 0 Å². The third-order valence-electron chi connectivity index (χ3n) is 4.42. The van der Waals surface area contributed by atoms with Crippen molar-refractivity contribution in [3.8, 4) is 0 Å². The van der Waals surface area contributed by atoms with E-state index in [1.807, 2.05) is 0 Å². The number of benzene rings is 1. The van der Waals surface area contributed by atoms with Gasteiger partial charge in [-0.15, -0.1) is 0 Å². The lowest BCUT2D eigenvalue weighted by molar-refractivity contribution is -0.123. The van der Waals surface area contributed by atoms with Gasteiger partial charge >= 0.3 is 12.0 Å². The van der Waals surface area contributed by atoms with Gasteiger partial charge in [0.15, 0.2) is 6.61 Å². The highest BCUT2D eigenvalue weighted by atomic mass is 19.1. The third-order valence-corrected chi connectivity index (χ3v) is 4.42. The highest BCUT2D eigenvalue weighted by molar-refractivity contribution is 5.97. The number of rotatable bonds is 4. The lowest BCUT2D eigenvalue weighted by Gasteiger charge is -2.29. The molecule has 1 aliphatic carbocycles. The van der Waals surface area contributed by atoms with Crippen LogP contribution in [0.4, 0.5) is 9.18 Å². The third kappa shape index (κ3) is 5.55. The van der Waals surface area contributed by atoms with Gasteiger partial charge in [-0.1, -0.05) is 25.8 Å². The summed E-state index contributed by atoms with van der Waals surface area (Å²) in [5.74, 6) is -1.72. The number of hydrogen-bond donors (Lipinski definition) is 2. The van der Waals surface area contributed by atoms with E-state index in [-0.39, 0.29) is 11.6 Å². The molecule has 1 aromatic carbocycles. The van der Waals surface area contributed by atoms with Crippen LogP contribution in [0.15, 0.2) is 18.2 Å². The summed E-state index contributed by atoms with van der Waals surface area (Å²) in [7, 11) is 0. The first-order valence-corrected chi connectivity index (χ1v) is 8.40. The molecule has 0 radical (unpaired) electrons. The van der Waals surface area contributed by atoms with Crippen molar-refractivity contribution in [2.45, 2.75) is 45.6 Å². The maximum Gasteiger partial charge on any atom is 0.338 e. The Morgan fingerprint density at radius 3 is 2.64 bits per heavy atom. The summed E-state index contributed by atoms with van der Waals surface area (Å²) < 4.78 is 18.2. The summed E-state index contributed by atoms with van der Waals surface area (Å²) in [6, 6.07) is 3.36. The molecule has 1 aliphatic rings. The van der Waals surface area contributed by atoms with Gasteiger partial charge in [0, 0.05) is 6.04 Å². The standard InChI is InChI=1S/C18H23FN2O4/c1-11-7-8-13(9-14(11)19)17(23)25-10-16(22)21-18(24)20-15-6-4-3-5-12(15)2/h7-9,12,15H,3-6,10H2,1-2H3,(H2,20,21,22,24)/t12-,15-/m1/s1. The molecular formula is C18H23FN2O4. The normalized spacial score (nSPS) is 19.8. The number of carbonyl (C=O) groups is 3. The van der Waals surface area contributed by atoms with Crippen molar-refractivity contribution >= 4 is 17.9 Å². The van der Waals surface area contributed by atoms with Gasteiger partial charge in [-0.05, 0) is 43.4 Å². The van der Waals surface area contributed by atoms with Gasteiger partial charge in [0.05, 0.1) is 5.56 Å². The van der Waals surface area contributed by atoms with Crippen molar-refractivity contribution in [2.75, 3.05) is 6.61 Å². The molecular weight excluding hydrogens is 327 g/mol. The van der Waals surface area contributed by atoms with E-state index in [4.69, 9.17) is 4.74 Å². The first-order valence-electron chi connectivity index (χ1n) is 8.40. The van der Waals surface area contributed by atoms with Crippen LogP contribution < -0.4 is 10.6 Å². The monoisotopic (exact) mass is 350 g/mol. The molecule has 0 bridgehead atoms. The summed E-state index contributed by atoms with van der Waals surface area (Å²) in [4.78, 5) is 35.3. The highest BCUT2D eigenvalue weighted by Crippen LogP contribution is 2.23. The molecule has 0 heterocycles. The van der Waals surface area contributed by atoms with E-state index in [0.717, 1.165) is 31.7 Å². The SMILES string of the molecule is Cc1ccc(C(=O)OCC(=O)NC(=O)N[C@@H]2CCCC[C@H]2C)cc1F. The fraction of sp³-hybridized carbons (Fsp3) is 0.500. The summed E-state index contributed by atoms with van der Waals surface area (Å²) in [6.45, 7) is 3.03. The largest absolute Gasteiger partial charge is 0.452 e. The Labute approximate surface area is 146 Å². The van der Waals surface area contributed by atoms with E-state index in [9.17, 15) is 18.8 Å². The van der Waals surface area contributed by atoms with E-state index in [0.29, 0.717) is 11.5 Å². The number of amides is 3. The molecule has 136 valence electrons. The number of hydrogen-bond acceptors (Lipinski definition) is 4. The van der Waals surface area contributed by atoms with Crippen LogP contribution in [0.3, 0.4) is 0 Å². The molecule has 2 N–H and O–H groups in total. The second-order valence-electron chi connectivity index (χ2n) is 6.43. The lowest BCUT2D eigenvalue weighted by atomic mass is 9.86. The van der Waals surface area contributed by atoms with Gasteiger partial charge in [-0.3, -0.25) is 10.1 Å². The molecule has 1 saturated carbocycles. The highest BCUT2D eigenvalue weighted by Gasteiger charge is 2.23. The molecule has 25 heavy (non-hydrogen) atoms. The Bertz CT molecular complexity index is 662. The zero-order valence-corrected chi connectivity index (χ0v) is 14.4. The van der Waals surface area contributed by atoms with Crippen LogP contribution in [-0.2, 0) is 9.53 Å². The van der Waals surface area contributed by atoms with Gasteiger partial charge in [-0.25, -0.2) is 14.0 Å². The molecule has 1 aromatic rings. The fourth-order valence-corrected chi connectivity index (χ4v) is 2.83. The minimum absolute atomic E-state index is 0.0105. The minimum atomic E-state index is -0.824. The average molecular weight is 350 g/mol. The maximum atomic E-state index is 13.4. The van der Waals surface area contributed by atoms with Gasteiger partial charge < -0.3 is 10.1 Å². The molecule has 2 rings (SSSR count). The lowest BCUT2D eigenvalue weighted by Crippen LogP contribution is -2.48. The second kappa shape index (κ2) is 8.60. The number of halogens is 1. The second-order valence-corrected chi connectivity index (χ2v) is 6.43. The molecule has 0 aromatic heterocycles. The van der Waals surface area contributed by atoms with Crippen LogP contribution in [0.2, 0.25) is 0 Å². The molecule has 0 unspecified atom stereocenters. The van der Waals surface area contributed by atoms with Crippen molar-refractivity contribution < 1.29 is 23.5 Å². The van der Waals surface area contributed by atoms with Crippen LogP contribution in [0, 0.1) is 18.7 Å². The Hall–Kier alpha value is -2.44. The van der Waals surface area contributed by atoms with Crippen molar-refractivity contribution in [1.29, 1.82) is 0 Å². The predicted octanol–water partition coefficient (Wildman–Crippen LogP) is 2.70. The summed E-state index contributed by atoms with van der Waals surface area (Å²) in [6.07, 6.45) is 4.13. The number of nitrogens with one attached hydrogen (secondary N) is 2. The van der Waals surface area contributed by atoms with Crippen LogP contribution in [-0.4, -0.2) is 30.6 Å². The Balaban J connectivity index is 1.76. The number of ether oxygens (including phenoxy) is 1. The number of aryl methyl sites for hydroxylation is 1. The zero-order valence-electron chi connectivity index (χ0n) is 14.4. The number of esters is 1. The molecule has 7 heteroatoms. The Morgan fingerprint density at radius 2 is 1.96 bits per heavy atom. The first kappa shape index (κ1) is 18.9. The van der Waals surface area contributed by atoms with Crippen LogP contribution in [0.25, 0.3) is 0 Å². The maximum absolute atomic E-state index is 13.4. The molecule has 3 amide bonds. The van der Waals surface area contributed by atoms with Gasteiger partial charge in [0.25, 0.3) is 5.91 Å². The zero-order chi connectivity index (χ0) is 18.4. The van der Waals surface area contributed by atoms with E-state index in [2.05, 4.69) is 17.6 Å². The first-order chi connectivity index (χ1) is 11.9. The molecule has 0 aliphatic heterocycles. The van der Waals surface area contributed by atoms with E-state index in [1.54, 1.807) is 6.92 Å². The van der Waals surface area contributed by atoms with E-state index in [1.165, 1.54) is 12.1 Å². The number of carbonyl (C=O) groups excluding carboxylic acids is 3. The summed E-state index contributed by atoms with van der Waals surface area (Å²) >= 11 is 0. The number of urea groups is 1. The Morgan fingerprint density at radius 1 is 1.24 bits per heavy atom. The van der Waals surface area contributed by atoms with E-state index < -0.39 is 30.3 Å². The van der Waals surface area contributed by atoms with Crippen molar-refractivity contribution in [3.63, 3.8) is 0 Å². The quantitative estimate of drug-likeness (QED) is 0.818. The molecule has 6 nitrogen and oxygen atoms in total. The van der Waals surface area contributed by atoms with Gasteiger partial charge in [0.2, 0.25) is 0 Å². The topological polar surface area (TPSA) is 84.5 Å².